The first-order valence-corrected chi connectivity index (χ1v) is 12.0. The number of hydrogen-bond donors (Lipinski definition) is 1. The molecule has 0 spiro atoms. The van der Waals surface area contributed by atoms with E-state index in [9.17, 15) is 4.79 Å². The molecule has 1 amide bonds. The molecule has 1 fully saturated rings. The van der Waals surface area contributed by atoms with E-state index in [-0.39, 0.29) is 5.91 Å². The molecule has 3 aromatic rings. The van der Waals surface area contributed by atoms with Gasteiger partial charge in [-0.05, 0) is 37.5 Å². The number of carbonyl (C=O) groups is 1. The molecule has 1 aliphatic rings. The quantitative estimate of drug-likeness (QED) is 0.398. The number of ether oxygens (including phenoxy) is 1. The molecule has 0 radical (unpaired) electrons. The maximum absolute atomic E-state index is 12.4. The van der Waals surface area contributed by atoms with Crippen LogP contribution in [0.5, 0.6) is 0 Å². The van der Waals surface area contributed by atoms with Gasteiger partial charge in [-0.15, -0.1) is 10.2 Å². The minimum atomic E-state index is 0.00874. The summed E-state index contributed by atoms with van der Waals surface area (Å²) in [5, 5.41) is 12.6. The molecule has 2 aromatic carbocycles. The van der Waals surface area contributed by atoms with Crippen LogP contribution in [0.1, 0.15) is 17.5 Å². The summed E-state index contributed by atoms with van der Waals surface area (Å²) in [7, 11) is 0. The molecule has 0 saturated carbocycles. The summed E-state index contributed by atoms with van der Waals surface area (Å²) in [6.45, 7) is 5.63. The molecule has 8 heteroatoms. The van der Waals surface area contributed by atoms with Crippen molar-refractivity contribution in [2.45, 2.75) is 24.9 Å². The van der Waals surface area contributed by atoms with Crippen LogP contribution in [0, 0.1) is 6.92 Å². The van der Waals surface area contributed by atoms with Crippen molar-refractivity contribution in [2.24, 2.45) is 0 Å². The number of aryl methyl sites for hydroxylation is 2. The van der Waals surface area contributed by atoms with Gasteiger partial charge in [-0.3, -0.25) is 9.36 Å². The lowest BCUT2D eigenvalue weighted by molar-refractivity contribution is -0.118. The molecule has 32 heavy (non-hydrogen) atoms. The van der Waals surface area contributed by atoms with Gasteiger partial charge in [-0.25, -0.2) is 0 Å². The highest BCUT2D eigenvalue weighted by Gasteiger charge is 2.22. The molecular weight excluding hydrogens is 422 g/mol. The summed E-state index contributed by atoms with van der Waals surface area (Å²) in [6, 6.07) is 18.6. The van der Waals surface area contributed by atoms with Gasteiger partial charge in [0.05, 0.1) is 24.7 Å². The van der Waals surface area contributed by atoms with Crippen molar-refractivity contribution in [2.75, 3.05) is 43.5 Å². The molecule has 1 aromatic heterocycles. The number of benzene rings is 2. The Morgan fingerprint density at radius 2 is 1.81 bits per heavy atom. The maximum atomic E-state index is 12.4. The normalized spacial score (nSPS) is 13.8. The Morgan fingerprint density at radius 1 is 1.06 bits per heavy atom. The molecule has 2 heterocycles. The van der Waals surface area contributed by atoms with E-state index in [0.717, 1.165) is 42.7 Å². The number of amides is 1. The highest BCUT2D eigenvalue weighted by atomic mass is 32.2. The van der Waals surface area contributed by atoms with Crippen molar-refractivity contribution in [1.29, 1.82) is 0 Å². The molecule has 1 saturated heterocycles. The summed E-state index contributed by atoms with van der Waals surface area (Å²) in [6.07, 6.45) is 1.88. The van der Waals surface area contributed by atoms with E-state index < -0.39 is 0 Å². The zero-order valence-electron chi connectivity index (χ0n) is 18.4. The Kier molecular flexibility index (Phi) is 7.79. The Labute approximate surface area is 193 Å². The fraction of sp³-hybridized carbons (Fsp3) is 0.375. The van der Waals surface area contributed by atoms with Crippen LogP contribution in [0.4, 0.5) is 5.95 Å². The fourth-order valence-corrected chi connectivity index (χ4v) is 4.37. The molecule has 0 unspecified atom stereocenters. The standard InChI is InChI=1S/C24H29N5O2S/c1-19-9-11-21(12-10-19)29-23(28-14-16-31-17-15-28)26-27-24(29)32-18-22(30)25-13-5-8-20-6-3-2-4-7-20/h2-4,6-7,9-12H,5,8,13-18H2,1H3,(H,25,30). The third-order valence-electron chi connectivity index (χ3n) is 5.34. The van der Waals surface area contributed by atoms with Crippen molar-refractivity contribution in [3.63, 3.8) is 0 Å². The number of aromatic nitrogens is 3. The van der Waals surface area contributed by atoms with Crippen LogP contribution in [0.25, 0.3) is 5.69 Å². The maximum Gasteiger partial charge on any atom is 0.232 e. The van der Waals surface area contributed by atoms with Crippen LogP contribution in [0.3, 0.4) is 0 Å². The van der Waals surface area contributed by atoms with Gasteiger partial charge < -0.3 is 15.0 Å². The number of hydrogen-bond acceptors (Lipinski definition) is 6. The SMILES string of the molecule is Cc1ccc(-n2c(SCC(=O)NCCCc3ccccc3)nnc2N2CCOCC2)cc1. The lowest BCUT2D eigenvalue weighted by atomic mass is 10.1. The monoisotopic (exact) mass is 451 g/mol. The third kappa shape index (κ3) is 5.89. The summed E-state index contributed by atoms with van der Waals surface area (Å²) < 4.78 is 7.53. The lowest BCUT2D eigenvalue weighted by Crippen LogP contribution is -2.37. The van der Waals surface area contributed by atoms with E-state index in [1.54, 1.807) is 0 Å². The molecule has 1 N–H and O–H groups in total. The average Bonchev–Trinajstić information content (AvgIpc) is 3.26. The van der Waals surface area contributed by atoms with Crippen LogP contribution in [-0.2, 0) is 16.0 Å². The minimum absolute atomic E-state index is 0.00874. The molecule has 168 valence electrons. The van der Waals surface area contributed by atoms with Crippen LogP contribution >= 0.6 is 11.8 Å². The van der Waals surface area contributed by atoms with E-state index >= 15 is 0 Å². The smallest absolute Gasteiger partial charge is 0.232 e. The second kappa shape index (κ2) is 11.2. The Morgan fingerprint density at radius 3 is 2.56 bits per heavy atom. The van der Waals surface area contributed by atoms with Crippen molar-refractivity contribution >= 4 is 23.6 Å². The van der Waals surface area contributed by atoms with Gasteiger partial charge in [-0.1, -0.05) is 59.8 Å². The first-order valence-electron chi connectivity index (χ1n) is 11.0. The van der Waals surface area contributed by atoms with Gasteiger partial charge in [-0.2, -0.15) is 0 Å². The predicted molar refractivity (Wildman–Crippen MR) is 128 cm³/mol. The second-order valence-electron chi connectivity index (χ2n) is 7.78. The van der Waals surface area contributed by atoms with E-state index in [1.165, 1.54) is 22.9 Å². The fourth-order valence-electron chi connectivity index (χ4n) is 3.59. The zero-order valence-corrected chi connectivity index (χ0v) is 19.2. The van der Waals surface area contributed by atoms with Crippen molar-refractivity contribution in [1.82, 2.24) is 20.1 Å². The van der Waals surface area contributed by atoms with E-state index in [2.05, 4.69) is 63.7 Å². The largest absolute Gasteiger partial charge is 0.378 e. The Balaban J connectivity index is 1.37. The molecule has 1 aliphatic heterocycles. The summed E-state index contributed by atoms with van der Waals surface area (Å²) in [5.41, 5.74) is 3.48. The summed E-state index contributed by atoms with van der Waals surface area (Å²) >= 11 is 1.41. The van der Waals surface area contributed by atoms with Crippen molar-refractivity contribution in [3.8, 4) is 5.69 Å². The number of thioether (sulfide) groups is 1. The molecule has 0 bridgehead atoms. The molecule has 0 atom stereocenters. The lowest BCUT2D eigenvalue weighted by Gasteiger charge is -2.27. The van der Waals surface area contributed by atoms with Gasteiger partial charge >= 0.3 is 0 Å². The topological polar surface area (TPSA) is 72.3 Å². The number of anilines is 1. The number of nitrogens with zero attached hydrogens (tertiary/aromatic N) is 4. The van der Waals surface area contributed by atoms with Crippen LogP contribution in [0.15, 0.2) is 59.8 Å². The van der Waals surface area contributed by atoms with Gasteiger partial charge in [0.2, 0.25) is 11.9 Å². The van der Waals surface area contributed by atoms with Crippen molar-refractivity contribution in [3.05, 3.63) is 65.7 Å². The Hall–Kier alpha value is -2.84. The highest BCUT2D eigenvalue weighted by molar-refractivity contribution is 7.99. The summed E-state index contributed by atoms with van der Waals surface area (Å²) in [4.78, 5) is 14.6. The second-order valence-corrected chi connectivity index (χ2v) is 8.72. The van der Waals surface area contributed by atoms with Gasteiger partial charge in [0.1, 0.15) is 0 Å². The minimum Gasteiger partial charge on any atom is -0.378 e. The number of nitrogens with one attached hydrogen (secondary N) is 1. The molecule has 4 rings (SSSR count). The molecular formula is C24H29N5O2S. The van der Waals surface area contributed by atoms with Crippen LogP contribution in [0.2, 0.25) is 0 Å². The van der Waals surface area contributed by atoms with E-state index in [4.69, 9.17) is 4.74 Å². The number of morpholine rings is 1. The molecule has 0 aliphatic carbocycles. The highest BCUT2D eigenvalue weighted by Crippen LogP contribution is 2.27. The first kappa shape index (κ1) is 22.4. The van der Waals surface area contributed by atoms with Crippen LogP contribution in [-0.4, -0.2) is 59.3 Å². The van der Waals surface area contributed by atoms with Crippen molar-refractivity contribution < 1.29 is 9.53 Å². The molecule has 7 nitrogen and oxygen atoms in total. The van der Waals surface area contributed by atoms with Crippen LogP contribution < -0.4 is 10.2 Å². The zero-order chi connectivity index (χ0) is 22.2. The summed E-state index contributed by atoms with van der Waals surface area (Å²) in [5.74, 6) is 1.11. The number of carbonyl (C=O) groups excluding carboxylic acids is 1. The van der Waals surface area contributed by atoms with Gasteiger partial charge in [0, 0.05) is 19.6 Å². The van der Waals surface area contributed by atoms with E-state index in [0.29, 0.717) is 25.5 Å². The van der Waals surface area contributed by atoms with E-state index in [1.807, 2.05) is 22.8 Å². The first-order chi connectivity index (χ1) is 15.7. The van der Waals surface area contributed by atoms with Gasteiger partial charge in [0.25, 0.3) is 0 Å². The van der Waals surface area contributed by atoms with Gasteiger partial charge in [0.15, 0.2) is 5.16 Å². The third-order valence-corrected chi connectivity index (χ3v) is 6.27. The Bertz CT molecular complexity index is 1000. The number of rotatable bonds is 9. The average molecular weight is 452 g/mol. The predicted octanol–water partition coefficient (Wildman–Crippen LogP) is 3.25.